The molecule has 1 aliphatic carbocycles. The van der Waals surface area contributed by atoms with Crippen LogP contribution < -0.4 is 20.7 Å². The summed E-state index contributed by atoms with van der Waals surface area (Å²) in [5.74, 6) is 0.214. The molecule has 1 aromatic carbocycles. The quantitative estimate of drug-likeness (QED) is 0.213. The number of pyridine rings is 1. The summed E-state index contributed by atoms with van der Waals surface area (Å²) in [5.41, 5.74) is 0.822. The fourth-order valence-corrected chi connectivity index (χ4v) is 7.91. The first-order valence-electron chi connectivity index (χ1n) is 14.8. The van der Waals surface area contributed by atoms with Crippen LogP contribution in [0, 0.1) is 0 Å². The fourth-order valence-electron chi connectivity index (χ4n) is 5.05. The summed E-state index contributed by atoms with van der Waals surface area (Å²) in [6, 6.07) is 9.55. The van der Waals surface area contributed by atoms with E-state index in [-0.39, 0.29) is 29.0 Å². The molecule has 0 saturated heterocycles. The van der Waals surface area contributed by atoms with Gasteiger partial charge in [-0.1, -0.05) is 12.1 Å². The van der Waals surface area contributed by atoms with E-state index in [4.69, 9.17) is 4.74 Å². The van der Waals surface area contributed by atoms with Gasteiger partial charge in [-0.05, 0) is 91.5 Å². The molecule has 44 heavy (non-hydrogen) atoms. The summed E-state index contributed by atoms with van der Waals surface area (Å²) in [7, 11) is -3.97. The Kier molecular flexibility index (Phi) is 10.6. The van der Waals surface area contributed by atoms with Crippen LogP contribution in [0.5, 0.6) is 0 Å². The second kappa shape index (κ2) is 14.0. The number of urea groups is 1. The van der Waals surface area contributed by atoms with Gasteiger partial charge in [0.15, 0.2) is 0 Å². The lowest BCUT2D eigenvalue weighted by atomic mass is 9.86. The summed E-state index contributed by atoms with van der Waals surface area (Å²) in [6.07, 6.45) is 6.13. The van der Waals surface area contributed by atoms with Gasteiger partial charge in [0, 0.05) is 41.1 Å². The van der Waals surface area contributed by atoms with Crippen molar-refractivity contribution in [1.82, 2.24) is 25.3 Å². The Hall–Kier alpha value is -3.55. The van der Waals surface area contributed by atoms with E-state index in [0.717, 1.165) is 35.6 Å². The van der Waals surface area contributed by atoms with Crippen LogP contribution in [-0.2, 0) is 14.8 Å². The number of thiazole rings is 1. The second-order valence-corrected chi connectivity index (χ2v) is 15.1. The Morgan fingerprint density at radius 2 is 1.75 bits per heavy atom. The average Bonchev–Trinajstić information content (AvgIpc) is 3.42. The summed E-state index contributed by atoms with van der Waals surface area (Å²) < 4.78 is 35.2. The molecule has 3 aromatic rings. The van der Waals surface area contributed by atoms with Crippen molar-refractivity contribution in [3.63, 3.8) is 0 Å². The highest BCUT2D eigenvalue weighted by Crippen LogP contribution is 2.40. The van der Waals surface area contributed by atoms with Crippen LogP contribution in [0.1, 0.15) is 89.9 Å². The van der Waals surface area contributed by atoms with E-state index in [1.807, 2.05) is 32.9 Å². The average molecular weight is 643 g/mol. The van der Waals surface area contributed by atoms with Crippen molar-refractivity contribution in [2.75, 3.05) is 5.32 Å². The third-order valence-electron chi connectivity index (χ3n) is 6.98. The zero-order valence-electron chi connectivity index (χ0n) is 26.0. The summed E-state index contributed by atoms with van der Waals surface area (Å²) in [4.78, 5) is 34.5. The van der Waals surface area contributed by atoms with Gasteiger partial charge in [0.25, 0.3) is 0 Å². The minimum atomic E-state index is -3.97. The van der Waals surface area contributed by atoms with Crippen LogP contribution >= 0.6 is 11.3 Å². The number of ether oxygens (including phenoxy) is 1. The number of rotatable bonds is 9. The van der Waals surface area contributed by atoms with E-state index in [0.29, 0.717) is 16.9 Å². The van der Waals surface area contributed by atoms with Crippen molar-refractivity contribution in [1.29, 1.82) is 0 Å². The number of benzene rings is 1. The first-order chi connectivity index (χ1) is 20.7. The van der Waals surface area contributed by atoms with Gasteiger partial charge in [0.05, 0.1) is 32.6 Å². The zero-order valence-corrected chi connectivity index (χ0v) is 27.6. The number of hydrogen-bond donors (Lipinski definition) is 4. The largest absolute Gasteiger partial charge is 0.447 e. The number of nitrogens with zero attached hydrogens (tertiary/aromatic N) is 2. The van der Waals surface area contributed by atoms with E-state index in [9.17, 15) is 18.0 Å². The van der Waals surface area contributed by atoms with Crippen molar-refractivity contribution in [2.24, 2.45) is 0 Å². The SMILES string of the molecule is CC(C)OC(=O)NC1CCC(c2ncc(-c3ccc(NC(=O)N[C@H](C)c4ccccn4)cc3S(=O)(=O)NC(C)(C)C)s2)CC1. The number of hydrogen-bond acceptors (Lipinski definition) is 8. The lowest BCUT2D eigenvalue weighted by molar-refractivity contribution is 0.109. The molecule has 0 bridgehead atoms. The molecule has 1 atom stereocenters. The summed E-state index contributed by atoms with van der Waals surface area (Å²) >= 11 is 1.47. The highest BCUT2D eigenvalue weighted by Gasteiger charge is 2.29. The number of aromatic nitrogens is 2. The Labute approximate surface area is 263 Å². The number of alkyl carbamates (subject to hydrolysis) is 1. The normalized spacial score (nSPS) is 18.0. The Balaban J connectivity index is 1.52. The Morgan fingerprint density at radius 1 is 1.02 bits per heavy atom. The van der Waals surface area contributed by atoms with Crippen LogP contribution in [-0.4, -0.2) is 48.2 Å². The van der Waals surface area contributed by atoms with Gasteiger partial charge in [-0.25, -0.2) is 27.7 Å². The van der Waals surface area contributed by atoms with Gasteiger partial charge >= 0.3 is 12.1 Å². The molecule has 2 heterocycles. The molecule has 2 aromatic heterocycles. The van der Waals surface area contributed by atoms with Crippen molar-refractivity contribution < 1.29 is 22.7 Å². The maximum atomic E-state index is 13.6. The molecule has 1 fully saturated rings. The van der Waals surface area contributed by atoms with Crippen molar-refractivity contribution in [2.45, 2.75) is 102 Å². The molecule has 11 nitrogen and oxygen atoms in total. The lowest BCUT2D eigenvalue weighted by Crippen LogP contribution is -2.40. The molecule has 4 rings (SSSR count). The predicted molar refractivity (Wildman–Crippen MR) is 172 cm³/mol. The van der Waals surface area contributed by atoms with Gasteiger partial charge in [0.2, 0.25) is 10.0 Å². The third-order valence-corrected chi connectivity index (χ3v) is 9.97. The Bertz CT molecular complexity index is 1540. The highest BCUT2D eigenvalue weighted by atomic mass is 32.2. The standard InChI is InChI=1S/C31H42N6O5S2/c1-19(2)42-30(39)36-22-12-10-21(11-13-22)28-33-18-26(43-28)24-15-14-23(17-27(24)44(40,41)37-31(4,5)6)35-29(38)34-20(3)25-9-7-8-16-32-25/h7-9,14-22,37H,10-13H2,1-6H3,(H,36,39)(H2,34,35,38)/t20-,21?,22?/m1/s1. The molecule has 1 saturated carbocycles. The van der Waals surface area contributed by atoms with Crippen LogP contribution in [0.3, 0.4) is 0 Å². The molecule has 0 spiro atoms. The van der Waals surface area contributed by atoms with Crippen LogP contribution in [0.25, 0.3) is 10.4 Å². The first kappa shape index (κ1) is 33.3. The van der Waals surface area contributed by atoms with Gasteiger partial charge in [-0.2, -0.15) is 0 Å². The van der Waals surface area contributed by atoms with Crippen LogP contribution in [0.15, 0.2) is 53.7 Å². The molecular formula is C31H42N6O5S2. The molecule has 0 unspecified atom stereocenters. The molecule has 0 aliphatic heterocycles. The van der Waals surface area contributed by atoms with Crippen LogP contribution in [0.4, 0.5) is 15.3 Å². The third kappa shape index (κ3) is 9.23. The number of sulfonamides is 1. The number of carbonyl (C=O) groups is 2. The van der Waals surface area contributed by atoms with Crippen molar-refractivity contribution >= 4 is 39.2 Å². The van der Waals surface area contributed by atoms with E-state index < -0.39 is 27.7 Å². The monoisotopic (exact) mass is 642 g/mol. The van der Waals surface area contributed by atoms with Crippen molar-refractivity contribution in [3.05, 3.63) is 59.5 Å². The van der Waals surface area contributed by atoms with Gasteiger partial charge < -0.3 is 20.7 Å². The van der Waals surface area contributed by atoms with E-state index in [2.05, 4.69) is 30.6 Å². The molecule has 3 amide bonds. The topological polar surface area (TPSA) is 151 Å². The number of carbonyl (C=O) groups excluding carboxylic acids is 2. The highest BCUT2D eigenvalue weighted by molar-refractivity contribution is 7.89. The first-order valence-corrected chi connectivity index (χ1v) is 17.1. The zero-order chi connectivity index (χ0) is 32.1. The van der Waals surface area contributed by atoms with E-state index in [1.165, 1.54) is 17.4 Å². The fraction of sp³-hybridized carbons (Fsp3) is 0.484. The second-order valence-electron chi connectivity index (χ2n) is 12.4. The molecule has 0 radical (unpaired) electrons. The maximum absolute atomic E-state index is 13.6. The minimum Gasteiger partial charge on any atom is -0.447 e. The number of nitrogens with one attached hydrogen (secondary N) is 4. The maximum Gasteiger partial charge on any atom is 0.407 e. The molecular weight excluding hydrogens is 601 g/mol. The van der Waals surface area contributed by atoms with Gasteiger partial charge in [-0.15, -0.1) is 11.3 Å². The molecule has 238 valence electrons. The molecule has 4 N–H and O–H groups in total. The summed E-state index contributed by atoms with van der Waals surface area (Å²) in [6.45, 7) is 10.8. The number of amides is 3. The smallest absolute Gasteiger partial charge is 0.407 e. The van der Waals surface area contributed by atoms with Gasteiger partial charge in [-0.3, -0.25) is 4.98 Å². The van der Waals surface area contributed by atoms with E-state index >= 15 is 0 Å². The van der Waals surface area contributed by atoms with E-state index in [1.54, 1.807) is 51.4 Å². The molecule has 1 aliphatic rings. The van der Waals surface area contributed by atoms with Crippen molar-refractivity contribution in [3.8, 4) is 10.4 Å². The van der Waals surface area contributed by atoms with Crippen LogP contribution in [0.2, 0.25) is 0 Å². The Morgan fingerprint density at radius 3 is 2.39 bits per heavy atom. The van der Waals surface area contributed by atoms with Gasteiger partial charge in [0.1, 0.15) is 0 Å². The summed E-state index contributed by atoms with van der Waals surface area (Å²) in [5, 5.41) is 9.47. The molecule has 13 heteroatoms. The lowest BCUT2D eigenvalue weighted by Gasteiger charge is -2.28. The minimum absolute atomic E-state index is 0.0507. The predicted octanol–water partition coefficient (Wildman–Crippen LogP) is 6.33. The number of anilines is 1.